The van der Waals surface area contributed by atoms with Gasteiger partial charge in [0, 0.05) is 49.2 Å². The van der Waals surface area contributed by atoms with Crippen LogP contribution in [0.2, 0.25) is 0 Å². The van der Waals surface area contributed by atoms with Gasteiger partial charge in [0.2, 0.25) is 0 Å². The van der Waals surface area contributed by atoms with Gasteiger partial charge < -0.3 is 9.80 Å². The molecule has 0 atom stereocenters. The van der Waals surface area contributed by atoms with E-state index in [9.17, 15) is 13.2 Å². The number of likely N-dealkylation sites (tertiary alicyclic amines) is 1. The number of hydrogen-bond acceptors (Lipinski definition) is 2. The summed E-state index contributed by atoms with van der Waals surface area (Å²) >= 11 is 0. The molecule has 5 rings (SSSR count). The highest BCUT2D eigenvalue weighted by atomic mass is 19.4. The van der Waals surface area contributed by atoms with Gasteiger partial charge >= 0.3 is 6.18 Å². The Bertz CT molecular complexity index is 978. The van der Waals surface area contributed by atoms with E-state index in [-0.39, 0.29) is 0 Å². The van der Waals surface area contributed by atoms with Crippen LogP contribution in [0, 0.1) is 5.92 Å². The summed E-state index contributed by atoms with van der Waals surface area (Å²) in [5.74, 6) is 0.846. The Morgan fingerprint density at radius 3 is 2.30 bits per heavy atom. The summed E-state index contributed by atoms with van der Waals surface area (Å²) in [7, 11) is 1.94. The van der Waals surface area contributed by atoms with Gasteiger partial charge in [0.1, 0.15) is 0 Å². The van der Waals surface area contributed by atoms with Crippen molar-refractivity contribution < 1.29 is 13.2 Å². The number of fused-ring (bicyclic) bond motifs is 2. The summed E-state index contributed by atoms with van der Waals surface area (Å²) < 4.78 is 40.5. The van der Waals surface area contributed by atoms with Crippen molar-refractivity contribution in [3.8, 4) is 0 Å². The number of halogens is 3. The van der Waals surface area contributed by atoms with Gasteiger partial charge in [-0.1, -0.05) is 30.2 Å². The average molecular weight is 412 g/mol. The second-order valence-electron chi connectivity index (χ2n) is 8.88. The lowest BCUT2D eigenvalue weighted by Crippen LogP contribution is -2.37. The van der Waals surface area contributed by atoms with E-state index in [1.165, 1.54) is 43.5 Å². The second kappa shape index (κ2) is 7.45. The summed E-state index contributed by atoms with van der Waals surface area (Å²) in [5, 5.41) is 0. The fraction of sp³-hybridized carbons (Fsp3) is 0.440. The molecule has 0 radical (unpaired) electrons. The number of rotatable bonds is 2. The maximum Gasteiger partial charge on any atom is 0.416 e. The van der Waals surface area contributed by atoms with Gasteiger partial charge in [-0.15, -0.1) is 0 Å². The van der Waals surface area contributed by atoms with Crippen molar-refractivity contribution in [1.82, 2.24) is 4.90 Å². The standard InChI is InChI=1S/C25H27F3N2/c1-29-22-8-3-2-7-20(22)24(21-15-19(25(26,27)28)9-10-23(21)29)18-11-13-30(14-12-18)16-17-5-4-6-17/h2-3,7-10,15,17H,4-6,11-14,16H2,1H3. The van der Waals surface area contributed by atoms with E-state index in [1.54, 1.807) is 6.07 Å². The first kappa shape index (κ1) is 19.7. The molecular weight excluding hydrogens is 385 g/mol. The molecule has 2 heterocycles. The largest absolute Gasteiger partial charge is 0.416 e. The molecule has 2 nitrogen and oxygen atoms in total. The van der Waals surface area contributed by atoms with Gasteiger partial charge in [0.05, 0.1) is 5.56 Å². The van der Waals surface area contributed by atoms with Crippen molar-refractivity contribution >= 4 is 16.9 Å². The maximum atomic E-state index is 13.5. The molecule has 0 amide bonds. The van der Waals surface area contributed by atoms with Crippen molar-refractivity contribution in [1.29, 1.82) is 0 Å². The number of alkyl halides is 3. The predicted octanol–water partition coefficient (Wildman–Crippen LogP) is 6.48. The van der Waals surface area contributed by atoms with E-state index in [0.29, 0.717) is 5.56 Å². The molecule has 1 saturated heterocycles. The molecule has 2 fully saturated rings. The monoisotopic (exact) mass is 412 g/mol. The Labute approximate surface area is 176 Å². The summed E-state index contributed by atoms with van der Waals surface area (Å²) in [5.41, 5.74) is 5.41. The molecular formula is C25H27F3N2. The summed E-state index contributed by atoms with van der Waals surface area (Å²) in [6, 6.07) is 12.3. The third kappa shape index (κ3) is 3.43. The van der Waals surface area contributed by atoms with Crippen LogP contribution in [-0.4, -0.2) is 31.6 Å². The molecule has 1 saturated carbocycles. The number of anilines is 2. The van der Waals surface area contributed by atoms with Crippen LogP contribution in [-0.2, 0) is 6.18 Å². The van der Waals surface area contributed by atoms with Gasteiger partial charge in [-0.25, -0.2) is 0 Å². The number of piperidine rings is 1. The average Bonchev–Trinajstić information content (AvgIpc) is 2.71. The zero-order chi connectivity index (χ0) is 20.9. The summed E-state index contributed by atoms with van der Waals surface area (Å²) in [6.45, 7) is 3.18. The van der Waals surface area contributed by atoms with Gasteiger partial charge in [0.15, 0.2) is 0 Å². The number of nitrogens with zero attached hydrogens (tertiary/aromatic N) is 2. The van der Waals surface area contributed by atoms with E-state index in [1.807, 2.05) is 24.1 Å². The van der Waals surface area contributed by atoms with Crippen LogP contribution in [0.4, 0.5) is 24.5 Å². The quantitative estimate of drug-likeness (QED) is 0.557. The van der Waals surface area contributed by atoms with Crippen molar-refractivity contribution in [2.45, 2.75) is 38.3 Å². The first-order chi connectivity index (χ1) is 14.4. The van der Waals surface area contributed by atoms with Gasteiger partial charge in [0.25, 0.3) is 0 Å². The molecule has 158 valence electrons. The second-order valence-corrected chi connectivity index (χ2v) is 8.88. The van der Waals surface area contributed by atoms with E-state index in [2.05, 4.69) is 17.0 Å². The number of hydrogen-bond donors (Lipinski definition) is 0. The minimum Gasteiger partial charge on any atom is -0.344 e. The number of para-hydroxylation sites is 1. The fourth-order valence-electron chi connectivity index (χ4n) is 5.13. The molecule has 5 heteroatoms. The Kier molecular flexibility index (Phi) is 4.89. The lowest BCUT2D eigenvalue weighted by atomic mass is 9.82. The highest BCUT2D eigenvalue weighted by Gasteiger charge is 2.34. The predicted molar refractivity (Wildman–Crippen MR) is 115 cm³/mol. The summed E-state index contributed by atoms with van der Waals surface area (Å²) in [4.78, 5) is 4.56. The van der Waals surface area contributed by atoms with Crippen LogP contribution in [0.1, 0.15) is 48.8 Å². The van der Waals surface area contributed by atoms with Crippen LogP contribution >= 0.6 is 0 Å². The Hall–Kier alpha value is -2.27. The SMILES string of the molecule is CN1c2ccccc2C(=C2CCN(CC3CCC3)CC2)c2cc(C(F)(F)F)ccc21. The van der Waals surface area contributed by atoms with Crippen molar-refractivity contribution in [3.05, 3.63) is 64.7 Å². The van der Waals surface area contributed by atoms with Crippen LogP contribution in [0.3, 0.4) is 0 Å². The smallest absolute Gasteiger partial charge is 0.344 e. The Balaban J connectivity index is 1.56. The lowest BCUT2D eigenvalue weighted by molar-refractivity contribution is -0.137. The zero-order valence-corrected chi connectivity index (χ0v) is 17.3. The topological polar surface area (TPSA) is 6.48 Å². The fourth-order valence-corrected chi connectivity index (χ4v) is 5.13. The first-order valence-electron chi connectivity index (χ1n) is 10.9. The molecule has 30 heavy (non-hydrogen) atoms. The van der Waals surface area contributed by atoms with Crippen molar-refractivity contribution in [2.24, 2.45) is 5.92 Å². The van der Waals surface area contributed by atoms with Crippen molar-refractivity contribution in [2.75, 3.05) is 31.6 Å². The Morgan fingerprint density at radius 1 is 0.933 bits per heavy atom. The zero-order valence-electron chi connectivity index (χ0n) is 17.3. The van der Waals surface area contributed by atoms with Crippen LogP contribution in [0.5, 0.6) is 0 Å². The molecule has 0 N–H and O–H groups in total. The molecule has 2 aliphatic heterocycles. The van der Waals surface area contributed by atoms with E-state index >= 15 is 0 Å². The van der Waals surface area contributed by atoms with E-state index in [0.717, 1.165) is 54.4 Å². The molecule has 0 spiro atoms. The van der Waals surface area contributed by atoms with E-state index in [4.69, 9.17) is 0 Å². The molecule has 0 unspecified atom stereocenters. The third-order valence-corrected chi connectivity index (χ3v) is 7.04. The Morgan fingerprint density at radius 2 is 1.63 bits per heavy atom. The van der Waals surface area contributed by atoms with Gasteiger partial charge in [-0.3, -0.25) is 0 Å². The molecule has 3 aliphatic rings. The van der Waals surface area contributed by atoms with Crippen LogP contribution in [0.15, 0.2) is 48.0 Å². The summed E-state index contributed by atoms with van der Waals surface area (Å²) in [6.07, 6.45) is 1.56. The molecule has 2 aromatic rings. The van der Waals surface area contributed by atoms with Gasteiger partial charge in [-0.05, 0) is 61.4 Å². The molecule has 1 aliphatic carbocycles. The molecule has 0 aromatic heterocycles. The molecule has 2 aromatic carbocycles. The number of benzene rings is 2. The first-order valence-corrected chi connectivity index (χ1v) is 10.9. The maximum absolute atomic E-state index is 13.5. The minimum absolute atomic E-state index is 0.574. The highest BCUT2D eigenvalue weighted by Crippen LogP contribution is 2.48. The van der Waals surface area contributed by atoms with Crippen LogP contribution < -0.4 is 4.90 Å². The van der Waals surface area contributed by atoms with Crippen LogP contribution in [0.25, 0.3) is 5.57 Å². The third-order valence-electron chi connectivity index (χ3n) is 7.04. The minimum atomic E-state index is -4.34. The van der Waals surface area contributed by atoms with Crippen molar-refractivity contribution in [3.63, 3.8) is 0 Å². The highest BCUT2D eigenvalue weighted by molar-refractivity contribution is 5.99. The molecule has 0 bridgehead atoms. The normalized spacial score (nSPS) is 20.1. The van der Waals surface area contributed by atoms with E-state index < -0.39 is 11.7 Å². The van der Waals surface area contributed by atoms with Gasteiger partial charge in [-0.2, -0.15) is 13.2 Å². The lowest BCUT2D eigenvalue weighted by Gasteiger charge is -2.38.